The molecule has 0 aliphatic rings. The summed E-state index contributed by atoms with van der Waals surface area (Å²) in [6.45, 7) is 0. The Kier molecular flexibility index (Phi) is 2.52. The van der Waals surface area contributed by atoms with Gasteiger partial charge in [0.05, 0.1) is 11.0 Å². The second-order valence-corrected chi connectivity index (χ2v) is 7.41. The zero-order valence-corrected chi connectivity index (χ0v) is 15.0. The molecule has 2 aromatic heterocycles. The zero-order valence-electron chi connectivity index (χ0n) is 15.0. The molecule has 0 bridgehead atoms. The van der Waals surface area contributed by atoms with Crippen LogP contribution in [0.15, 0.2) is 95.4 Å². The Morgan fingerprint density at radius 3 is 2.36 bits per heavy atom. The molecule has 0 aliphatic heterocycles. The number of furan rings is 1. The molecule has 0 unspecified atom stereocenters. The summed E-state index contributed by atoms with van der Waals surface area (Å²) in [7, 11) is 0. The van der Waals surface area contributed by atoms with Gasteiger partial charge in [0.2, 0.25) is 0 Å². The summed E-state index contributed by atoms with van der Waals surface area (Å²) in [5, 5.41) is 7.45. The number of para-hydroxylation sites is 2. The van der Waals surface area contributed by atoms with Crippen LogP contribution in [0.1, 0.15) is 0 Å². The van der Waals surface area contributed by atoms with Gasteiger partial charge in [-0.25, -0.2) is 0 Å². The standard InChI is InChI=1S/C26H15NO/c1-2-8-18(9-3-1)27-21-11-6-7-16-13-14-17-15-20-19-10-4-5-12-22(19)28-26(20)25(27)24(17)23(16)21/h1-15H. The molecule has 5 aromatic carbocycles. The first-order valence-electron chi connectivity index (χ1n) is 9.55. The van der Waals surface area contributed by atoms with E-state index in [-0.39, 0.29) is 0 Å². The van der Waals surface area contributed by atoms with Gasteiger partial charge in [0, 0.05) is 27.2 Å². The molecule has 2 heteroatoms. The fraction of sp³-hybridized carbons (Fsp3) is 0. The summed E-state index contributed by atoms with van der Waals surface area (Å²) in [4.78, 5) is 0. The van der Waals surface area contributed by atoms with Gasteiger partial charge in [-0.2, -0.15) is 0 Å². The third kappa shape index (κ3) is 1.64. The summed E-state index contributed by atoms with van der Waals surface area (Å²) >= 11 is 0. The third-order valence-corrected chi connectivity index (χ3v) is 5.92. The predicted octanol–water partition coefficient (Wildman–Crippen LogP) is 7.27. The summed E-state index contributed by atoms with van der Waals surface area (Å²) in [6.07, 6.45) is 0. The van der Waals surface area contributed by atoms with Gasteiger partial charge in [0.1, 0.15) is 5.58 Å². The van der Waals surface area contributed by atoms with Gasteiger partial charge in [-0.05, 0) is 41.1 Å². The number of benzene rings is 5. The fourth-order valence-corrected chi connectivity index (χ4v) is 4.77. The van der Waals surface area contributed by atoms with Crippen LogP contribution in [-0.2, 0) is 0 Å². The summed E-state index contributed by atoms with van der Waals surface area (Å²) < 4.78 is 8.79. The first kappa shape index (κ1) is 14.3. The van der Waals surface area contributed by atoms with E-state index in [1.807, 2.05) is 6.07 Å². The molecule has 0 fully saturated rings. The lowest BCUT2D eigenvalue weighted by Gasteiger charge is -2.07. The summed E-state index contributed by atoms with van der Waals surface area (Å²) in [6, 6.07) is 32.2. The van der Waals surface area contributed by atoms with Crippen LogP contribution in [0.5, 0.6) is 0 Å². The maximum Gasteiger partial charge on any atom is 0.160 e. The van der Waals surface area contributed by atoms with Crippen LogP contribution in [0.2, 0.25) is 0 Å². The van der Waals surface area contributed by atoms with Crippen LogP contribution in [0.3, 0.4) is 0 Å². The Morgan fingerprint density at radius 1 is 0.607 bits per heavy atom. The maximum atomic E-state index is 6.43. The highest BCUT2D eigenvalue weighted by atomic mass is 16.3. The van der Waals surface area contributed by atoms with Crippen molar-refractivity contribution in [3.63, 3.8) is 0 Å². The highest BCUT2D eigenvalue weighted by Crippen LogP contribution is 2.44. The monoisotopic (exact) mass is 357 g/mol. The molecule has 7 rings (SSSR count). The van der Waals surface area contributed by atoms with Crippen LogP contribution >= 0.6 is 0 Å². The van der Waals surface area contributed by atoms with Crippen molar-refractivity contribution < 1.29 is 4.42 Å². The second-order valence-electron chi connectivity index (χ2n) is 7.41. The molecule has 0 amide bonds. The molecule has 0 saturated heterocycles. The number of nitrogens with zero attached hydrogens (tertiary/aromatic N) is 1. The van der Waals surface area contributed by atoms with E-state index in [9.17, 15) is 0 Å². The SMILES string of the molecule is c1ccc(-n2c3cccc4ccc5cc6c7ccccc7oc6c2c5c43)cc1. The molecule has 0 atom stereocenters. The Hall–Kier alpha value is -3.78. The zero-order chi connectivity index (χ0) is 18.2. The van der Waals surface area contributed by atoms with Crippen molar-refractivity contribution in [1.82, 2.24) is 4.57 Å². The molecule has 0 aliphatic carbocycles. The molecular weight excluding hydrogens is 342 g/mol. The van der Waals surface area contributed by atoms with E-state index >= 15 is 0 Å². The van der Waals surface area contributed by atoms with E-state index in [0.29, 0.717) is 0 Å². The molecule has 7 aromatic rings. The van der Waals surface area contributed by atoms with Crippen LogP contribution in [0.4, 0.5) is 0 Å². The first-order valence-corrected chi connectivity index (χ1v) is 9.55. The van der Waals surface area contributed by atoms with Crippen LogP contribution in [0.25, 0.3) is 60.2 Å². The Labute approximate surface area is 160 Å². The van der Waals surface area contributed by atoms with Gasteiger partial charge in [-0.1, -0.05) is 60.7 Å². The fourth-order valence-electron chi connectivity index (χ4n) is 4.77. The minimum Gasteiger partial charge on any atom is -0.454 e. The summed E-state index contributed by atoms with van der Waals surface area (Å²) in [5.41, 5.74) is 5.42. The molecule has 2 nitrogen and oxygen atoms in total. The highest BCUT2D eigenvalue weighted by Gasteiger charge is 2.21. The average molecular weight is 357 g/mol. The van der Waals surface area contributed by atoms with Crippen molar-refractivity contribution in [1.29, 1.82) is 0 Å². The number of hydrogen-bond donors (Lipinski definition) is 0. The van der Waals surface area contributed by atoms with Gasteiger partial charge in [-0.3, -0.25) is 0 Å². The maximum absolute atomic E-state index is 6.43. The number of hydrogen-bond acceptors (Lipinski definition) is 1. The lowest BCUT2D eigenvalue weighted by atomic mass is 10.00. The van der Waals surface area contributed by atoms with Gasteiger partial charge in [-0.15, -0.1) is 0 Å². The molecule has 2 heterocycles. The Bertz CT molecular complexity index is 1650. The molecular formula is C26H15NO. The lowest BCUT2D eigenvalue weighted by molar-refractivity contribution is 0.671. The van der Waals surface area contributed by atoms with E-state index < -0.39 is 0 Å². The van der Waals surface area contributed by atoms with E-state index in [1.165, 1.54) is 37.8 Å². The quantitative estimate of drug-likeness (QED) is 0.282. The second kappa shape index (κ2) is 4.93. The predicted molar refractivity (Wildman–Crippen MR) is 117 cm³/mol. The minimum atomic E-state index is 0.935. The number of fused-ring (bicyclic) bond motifs is 4. The van der Waals surface area contributed by atoms with Crippen molar-refractivity contribution >= 4 is 54.5 Å². The van der Waals surface area contributed by atoms with Crippen LogP contribution in [-0.4, -0.2) is 4.57 Å². The molecule has 0 N–H and O–H groups in total. The van der Waals surface area contributed by atoms with Crippen molar-refractivity contribution in [3.05, 3.63) is 91.0 Å². The summed E-state index contributed by atoms with van der Waals surface area (Å²) in [5.74, 6) is 0. The van der Waals surface area contributed by atoms with Crippen molar-refractivity contribution in [2.45, 2.75) is 0 Å². The average Bonchev–Trinajstić information content (AvgIpc) is 3.29. The molecule has 28 heavy (non-hydrogen) atoms. The van der Waals surface area contributed by atoms with Gasteiger partial charge in [0.25, 0.3) is 0 Å². The van der Waals surface area contributed by atoms with Gasteiger partial charge >= 0.3 is 0 Å². The Balaban J connectivity index is 1.87. The van der Waals surface area contributed by atoms with Crippen LogP contribution < -0.4 is 0 Å². The van der Waals surface area contributed by atoms with Crippen LogP contribution in [0, 0.1) is 0 Å². The minimum absolute atomic E-state index is 0.935. The largest absolute Gasteiger partial charge is 0.454 e. The first-order chi connectivity index (χ1) is 13.9. The van der Waals surface area contributed by atoms with Gasteiger partial charge < -0.3 is 8.98 Å². The highest BCUT2D eigenvalue weighted by molar-refractivity contribution is 6.31. The van der Waals surface area contributed by atoms with E-state index in [0.717, 1.165) is 22.4 Å². The van der Waals surface area contributed by atoms with Gasteiger partial charge in [0.15, 0.2) is 5.58 Å². The number of rotatable bonds is 1. The van der Waals surface area contributed by atoms with Crippen molar-refractivity contribution in [2.75, 3.05) is 0 Å². The van der Waals surface area contributed by atoms with E-state index in [2.05, 4.69) is 89.5 Å². The topological polar surface area (TPSA) is 18.1 Å². The smallest absolute Gasteiger partial charge is 0.160 e. The molecule has 0 spiro atoms. The molecule has 0 saturated carbocycles. The number of aromatic nitrogens is 1. The van der Waals surface area contributed by atoms with E-state index in [1.54, 1.807) is 0 Å². The Morgan fingerprint density at radius 2 is 1.43 bits per heavy atom. The molecule has 130 valence electrons. The third-order valence-electron chi connectivity index (χ3n) is 5.92. The lowest BCUT2D eigenvalue weighted by Crippen LogP contribution is -1.93. The van der Waals surface area contributed by atoms with Crippen molar-refractivity contribution in [2.24, 2.45) is 0 Å². The normalized spacial score (nSPS) is 12.3. The molecule has 0 radical (unpaired) electrons. The van der Waals surface area contributed by atoms with E-state index in [4.69, 9.17) is 4.42 Å². The van der Waals surface area contributed by atoms with Crippen molar-refractivity contribution in [3.8, 4) is 5.69 Å².